The van der Waals surface area contributed by atoms with Crippen LogP contribution in [0.3, 0.4) is 0 Å². The minimum absolute atomic E-state index is 0.208. The van der Waals surface area contributed by atoms with Crippen LogP contribution in [0.2, 0.25) is 0 Å². The molecule has 2 aliphatic heterocycles. The number of hydrogen-bond acceptors (Lipinski definition) is 4. The summed E-state index contributed by atoms with van der Waals surface area (Å²) in [6.45, 7) is 2.82. The van der Waals surface area contributed by atoms with Crippen molar-refractivity contribution in [1.82, 2.24) is 4.90 Å². The second-order valence-corrected chi connectivity index (χ2v) is 5.87. The van der Waals surface area contributed by atoms with Gasteiger partial charge in [-0.3, -0.25) is 4.90 Å². The number of carbonyl (C=O) groups is 1. The van der Waals surface area contributed by atoms with Gasteiger partial charge < -0.3 is 9.84 Å². The van der Waals surface area contributed by atoms with Crippen LogP contribution in [0.25, 0.3) is 10.8 Å². The monoisotopic (exact) mass is 283 g/mol. The van der Waals surface area contributed by atoms with Crippen LogP contribution in [0.15, 0.2) is 30.3 Å². The zero-order chi connectivity index (χ0) is 14.4. The van der Waals surface area contributed by atoms with Gasteiger partial charge >= 0.3 is 5.97 Å². The molecule has 0 aliphatic carbocycles. The van der Waals surface area contributed by atoms with E-state index in [0.29, 0.717) is 12.2 Å². The Kier molecular flexibility index (Phi) is 2.94. The molecule has 1 unspecified atom stereocenters. The third kappa shape index (κ3) is 2.11. The minimum Gasteiger partial charge on any atom is -0.457 e. The first-order valence-corrected chi connectivity index (χ1v) is 7.33. The van der Waals surface area contributed by atoms with Crippen LogP contribution in [0.1, 0.15) is 27.9 Å². The number of likely N-dealkylation sites (tertiary alicyclic amines) is 1. The molecule has 1 saturated heterocycles. The highest BCUT2D eigenvalue weighted by molar-refractivity contribution is 6.08. The van der Waals surface area contributed by atoms with Crippen LogP contribution in [0, 0.1) is 0 Å². The molecule has 0 bridgehead atoms. The molecule has 4 nitrogen and oxygen atoms in total. The van der Waals surface area contributed by atoms with E-state index in [2.05, 4.69) is 23.1 Å². The second-order valence-electron chi connectivity index (χ2n) is 5.87. The van der Waals surface area contributed by atoms with E-state index in [4.69, 9.17) is 4.74 Å². The predicted molar refractivity (Wildman–Crippen MR) is 79.0 cm³/mol. The lowest BCUT2D eigenvalue weighted by Gasteiger charge is -2.21. The molecule has 1 fully saturated rings. The first kappa shape index (κ1) is 12.8. The molecule has 2 aromatic rings. The van der Waals surface area contributed by atoms with Crippen LogP contribution in [0.5, 0.6) is 0 Å². The minimum atomic E-state index is -0.234. The molecule has 2 aliphatic rings. The molecular formula is C17H17NO3. The Morgan fingerprint density at radius 1 is 1.29 bits per heavy atom. The van der Waals surface area contributed by atoms with E-state index in [1.54, 1.807) is 0 Å². The van der Waals surface area contributed by atoms with E-state index in [1.165, 1.54) is 5.56 Å². The molecule has 0 aromatic heterocycles. The molecule has 108 valence electrons. The van der Waals surface area contributed by atoms with Gasteiger partial charge in [0.05, 0.1) is 11.7 Å². The van der Waals surface area contributed by atoms with Gasteiger partial charge in [0, 0.05) is 25.0 Å². The lowest BCUT2D eigenvalue weighted by molar-refractivity contribution is 0.0463. The van der Waals surface area contributed by atoms with Gasteiger partial charge in [0.2, 0.25) is 0 Å². The van der Waals surface area contributed by atoms with Crippen molar-refractivity contribution in [2.24, 2.45) is 0 Å². The van der Waals surface area contributed by atoms with E-state index in [-0.39, 0.29) is 12.1 Å². The van der Waals surface area contributed by atoms with E-state index in [0.717, 1.165) is 42.4 Å². The number of hydrogen-bond donors (Lipinski definition) is 1. The summed E-state index contributed by atoms with van der Waals surface area (Å²) in [5, 5.41) is 11.8. The fourth-order valence-electron chi connectivity index (χ4n) is 3.39. The lowest BCUT2D eigenvalue weighted by atomic mass is 9.94. The molecule has 0 radical (unpaired) electrons. The number of aliphatic hydroxyl groups excluding tert-OH is 1. The molecule has 1 atom stereocenters. The highest BCUT2D eigenvalue weighted by Crippen LogP contribution is 2.31. The smallest absolute Gasteiger partial charge is 0.339 e. The fraction of sp³-hybridized carbons (Fsp3) is 0.353. The van der Waals surface area contributed by atoms with E-state index in [1.807, 2.05) is 12.1 Å². The first-order chi connectivity index (χ1) is 10.2. The van der Waals surface area contributed by atoms with Crippen molar-refractivity contribution >= 4 is 16.7 Å². The van der Waals surface area contributed by atoms with E-state index in [9.17, 15) is 9.90 Å². The zero-order valence-electron chi connectivity index (χ0n) is 11.7. The molecule has 1 N–H and O–H groups in total. The van der Waals surface area contributed by atoms with E-state index < -0.39 is 0 Å². The number of esters is 1. The van der Waals surface area contributed by atoms with Gasteiger partial charge in [0.15, 0.2) is 0 Å². The van der Waals surface area contributed by atoms with Crippen molar-refractivity contribution in [1.29, 1.82) is 0 Å². The maximum Gasteiger partial charge on any atom is 0.339 e. The molecule has 4 rings (SSSR count). The third-order valence-electron chi connectivity index (χ3n) is 4.44. The number of aliphatic hydroxyl groups is 1. The number of ether oxygens (including phenoxy) is 1. The number of carbonyl (C=O) groups excluding carboxylic acids is 1. The summed E-state index contributed by atoms with van der Waals surface area (Å²) in [6, 6.07) is 9.99. The van der Waals surface area contributed by atoms with Crippen molar-refractivity contribution in [3.63, 3.8) is 0 Å². The lowest BCUT2D eigenvalue weighted by Crippen LogP contribution is -2.22. The maximum absolute atomic E-state index is 11.9. The van der Waals surface area contributed by atoms with Gasteiger partial charge in [-0.25, -0.2) is 4.79 Å². The van der Waals surface area contributed by atoms with E-state index >= 15 is 0 Å². The fourth-order valence-corrected chi connectivity index (χ4v) is 3.39. The Balaban J connectivity index is 1.79. The van der Waals surface area contributed by atoms with Gasteiger partial charge in [-0.15, -0.1) is 0 Å². The van der Waals surface area contributed by atoms with Gasteiger partial charge in [-0.05, 0) is 29.0 Å². The second kappa shape index (κ2) is 4.83. The molecular weight excluding hydrogens is 266 g/mol. The number of rotatable bonds is 2. The molecule has 0 amide bonds. The third-order valence-corrected chi connectivity index (χ3v) is 4.44. The normalized spacial score (nSPS) is 21.8. The van der Waals surface area contributed by atoms with Crippen LogP contribution in [0.4, 0.5) is 0 Å². The largest absolute Gasteiger partial charge is 0.457 e. The van der Waals surface area contributed by atoms with Gasteiger partial charge in [-0.2, -0.15) is 0 Å². The number of benzene rings is 2. The SMILES string of the molecule is O=C1OCc2ccc(CN3CCC(O)C3)c3cccc1c23. The molecule has 4 heteroatoms. The summed E-state index contributed by atoms with van der Waals surface area (Å²) < 4.78 is 5.20. The predicted octanol–water partition coefficient (Wildman–Crippen LogP) is 2.08. The van der Waals surface area contributed by atoms with Crippen molar-refractivity contribution in [3.05, 3.63) is 47.0 Å². The summed E-state index contributed by atoms with van der Waals surface area (Å²) in [6.07, 6.45) is 0.632. The number of cyclic esters (lactones) is 1. The summed E-state index contributed by atoms with van der Waals surface area (Å²) in [4.78, 5) is 14.2. The molecule has 0 saturated carbocycles. The molecule has 2 heterocycles. The van der Waals surface area contributed by atoms with Gasteiger partial charge in [0.1, 0.15) is 6.61 Å². The Morgan fingerprint density at radius 2 is 2.19 bits per heavy atom. The maximum atomic E-state index is 11.9. The Hall–Kier alpha value is -1.91. The Morgan fingerprint density at radius 3 is 3.00 bits per heavy atom. The number of nitrogens with zero attached hydrogens (tertiary/aromatic N) is 1. The molecule has 2 aromatic carbocycles. The summed E-state index contributed by atoms with van der Waals surface area (Å²) >= 11 is 0. The van der Waals surface area contributed by atoms with Crippen molar-refractivity contribution < 1.29 is 14.6 Å². The van der Waals surface area contributed by atoms with Crippen LogP contribution in [-0.2, 0) is 17.9 Å². The van der Waals surface area contributed by atoms with Gasteiger partial charge in [-0.1, -0.05) is 24.3 Å². The van der Waals surface area contributed by atoms with Crippen LogP contribution < -0.4 is 0 Å². The van der Waals surface area contributed by atoms with Crippen molar-refractivity contribution in [3.8, 4) is 0 Å². The standard InChI is InChI=1S/C17H17NO3/c19-13-6-7-18(9-13)8-11-4-5-12-10-21-17(20)15-3-1-2-14(11)16(12)15/h1-5,13,19H,6-10H2. The Labute approximate surface area is 122 Å². The Bertz CT molecular complexity index is 725. The first-order valence-electron chi connectivity index (χ1n) is 7.33. The van der Waals surface area contributed by atoms with Gasteiger partial charge in [0.25, 0.3) is 0 Å². The quantitative estimate of drug-likeness (QED) is 0.857. The average Bonchev–Trinajstić information content (AvgIpc) is 2.90. The summed E-state index contributed by atoms with van der Waals surface area (Å²) in [5.41, 5.74) is 2.95. The molecule has 21 heavy (non-hydrogen) atoms. The molecule has 0 spiro atoms. The summed E-state index contributed by atoms with van der Waals surface area (Å²) in [7, 11) is 0. The number of β-amino-alcohol motifs (C(OH)–C–C–N with tert-alkyl or cyclic N) is 1. The van der Waals surface area contributed by atoms with Crippen molar-refractivity contribution in [2.75, 3.05) is 13.1 Å². The zero-order valence-corrected chi connectivity index (χ0v) is 11.7. The van der Waals surface area contributed by atoms with Crippen molar-refractivity contribution in [2.45, 2.75) is 25.7 Å². The topological polar surface area (TPSA) is 49.8 Å². The van der Waals surface area contributed by atoms with Crippen LogP contribution in [-0.4, -0.2) is 35.2 Å². The summed E-state index contributed by atoms with van der Waals surface area (Å²) in [5.74, 6) is -0.234. The highest BCUT2D eigenvalue weighted by atomic mass is 16.5. The van der Waals surface area contributed by atoms with Crippen LogP contribution >= 0.6 is 0 Å². The highest BCUT2D eigenvalue weighted by Gasteiger charge is 2.24. The average molecular weight is 283 g/mol.